The average Bonchev–Trinajstić information content (AvgIpc) is 3.19. The van der Waals surface area contributed by atoms with Gasteiger partial charge < -0.3 is 40.9 Å². The van der Waals surface area contributed by atoms with E-state index in [0.29, 0.717) is 16.5 Å². The van der Waals surface area contributed by atoms with Gasteiger partial charge in [0.2, 0.25) is 23.0 Å². The molecule has 9 aromatic rings. The zero-order valence-electron chi connectivity index (χ0n) is 27.1. The van der Waals surface area contributed by atoms with E-state index in [9.17, 15) is 40.9 Å². The molecule has 0 radical (unpaired) electrons. The van der Waals surface area contributed by atoms with Crippen LogP contribution in [0.4, 0.5) is 0 Å². The second-order valence-corrected chi connectivity index (χ2v) is 12.9. The van der Waals surface area contributed by atoms with E-state index in [1.807, 2.05) is 60.7 Å². The molecule has 0 atom stereocenters. The molecule has 9 aromatic carbocycles. The number of benzene rings is 9. The van der Waals surface area contributed by atoms with E-state index in [1.165, 1.54) is 0 Å². The first-order chi connectivity index (χ1) is 25.2. The number of aromatic hydroxyl groups is 8. The molecule has 0 heterocycles. The summed E-state index contributed by atoms with van der Waals surface area (Å²) in [6, 6.07) is 37.9. The predicted molar refractivity (Wildman–Crippen MR) is 204 cm³/mol. The van der Waals surface area contributed by atoms with Crippen LogP contribution in [0.15, 0.2) is 121 Å². The average molecular weight is 685 g/mol. The standard InChI is InChI=1S/C44H28O8/c45-37-33-31(26-11-5-10-23(20-26)24-17-18-29-25(19-24)16-15-22-8-2-3-12-27(22)29)34-36(40(48)44(52)42(50)38(34)46)32(35(33)39(47)43(51)41(37)49)30-14-6-9-21-7-1-4-13-28(21)30/h1-20,45-52H. The van der Waals surface area contributed by atoms with Gasteiger partial charge in [-0.25, -0.2) is 0 Å². The van der Waals surface area contributed by atoms with Crippen LogP contribution in [0.1, 0.15) is 0 Å². The summed E-state index contributed by atoms with van der Waals surface area (Å²) in [6.45, 7) is 0. The molecule has 0 aliphatic rings. The van der Waals surface area contributed by atoms with Crippen LogP contribution in [0.3, 0.4) is 0 Å². The summed E-state index contributed by atoms with van der Waals surface area (Å²) in [6.07, 6.45) is 0. The maximum Gasteiger partial charge on any atom is 0.204 e. The molecule has 9 rings (SSSR count). The Labute approximate surface area is 294 Å². The maximum atomic E-state index is 11.6. The van der Waals surface area contributed by atoms with Crippen LogP contribution in [0.5, 0.6) is 46.0 Å². The van der Waals surface area contributed by atoms with Crippen molar-refractivity contribution < 1.29 is 40.9 Å². The highest BCUT2D eigenvalue weighted by atomic mass is 16.4. The third-order valence-electron chi connectivity index (χ3n) is 10.1. The van der Waals surface area contributed by atoms with E-state index in [1.54, 1.807) is 42.5 Å². The molecule has 0 fully saturated rings. The summed E-state index contributed by atoms with van der Waals surface area (Å²) in [5.41, 5.74) is 2.30. The summed E-state index contributed by atoms with van der Waals surface area (Å²) in [5.74, 6) is -7.34. The van der Waals surface area contributed by atoms with Gasteiger partial charge in [0.15, 0.2) is 23.0 Å². The fourth-order valence-corrected chi connectivity index (χ4v) is 7.67. The van der Waals surface area contributed by atoms with Crippen LogP contribution in [0.2, 0.25) is 0 Å². The molecular weight excluding hydrogens is 656 g/mol. The molecule has 0 saturated carbocycles. The molecule has 0 aromatic heterocycles. The molecule has 8 nitrogen and oxygen atoms in total. The van der Waals surface area contributed by atoms with Gasteiger partial charge in [0.05, 0.1) is 0 Å². The number of hydrogen-bond acceptors (Lipinski definition) is 8. The minimum absolute atomic E-state index is 0.00572. The zero-order chi connectivity index (χ0) is 36.0. The zero-order valence-corrected chi connectivity index (χ0v) is 27.1. The van der Waals surface area contributed by atoms with Gasteiger partial charge in [-0.15, -0.1) is 0 Å². The first kappa shape index (κ1) is 30.7. The van der Waals surface area contributed by atoms with Gasteiger partial charge in [0.25, 0.3) is 0 Å². The van der Waals surface area contributed by atoms with E-state index in [4.69, 9.17) is 0 Å². The van der Waals surface area contributed by atoms with Crippen molar-refractivity contribution in [3.63, 3.8) is 0 Å². The summed E-state index contributed by atoms with van der Waals surface area (Å²) >= 11 is 0. The molecule has 0 amide bonds. The highest BCUT2D eigenvalue weighted by Crippen LogP contribution is 2.62. The number of fused-ring (bicyclic) bond motifs is 6. The van der Waals surface area contributed by atoms with E-state index < -0.39 is 46.0 Å². The van der Waals surface area contributed by atoms with Crippen molar-refractivity contribution in [3.05, 3.63) is 121 Å². The van der Waals surface area contributed by atoms with Crippen LogP contribution in [-0.2, 0) is 0 Å². The first-order valence-electron chi connectivity index (χ1n) is 16.4. The Morgan fingerprint density at radius 2 is 0.712 bits per heavy atom. The third kappa shape index (κ3) is 4.21. The first-order valence-corrected chi connectivity index (χ1v) is 16.4. The van der Waals surface area contributed by atoms with Gasteiger partial charge in [-0.2, -0.15) is 0 Å². The maximum absolute atomic E-state index is 11.6. The molecular formula is C44H28O8. The monoisotopic (exact) mass is 684 g/mol. The lowest BCUT2D eigenvalue weighted by Gasteiger charge is -2.23. The van der Waals surface area contributed by atoms with E-state index >= 15 is 0 Å². The normalized spacial score (nSPS) is 11.7. The second kappa shape index (κ2) is 11.1. The van der Waals surface area contributed by atoms with Crippen LogP contribution in [0.25, 0.3) is 87.2 Å². The third-order valence-corrected chi connectivity index (χ3v) is 10.1. The second-order valence-electron chi connectivity index (χ2n) is 12.9. The van der Waals surface area contributed by atoms with Gasteiger partial charge in [0, 0.05) is 32.7 Å². The van der Waals surface area contributed by atoms with E-state index in [0.717, 1.165) is 38.1 Å². The summed E-state index contributed by atoms with van der Waals surface area (Å²) in [5, 5.41) is 95.2. The molecule has 8 N–H and O–H groups in total. The highest BCUT2D eigenvalue weighted by molar-refractivity contribution is 6.30. The molecule has 0 unspecified atom stereocenters. The van der Waals surface area contributed by atoms with Crippen LogP contribution in [0, 0.1) is 0 Å². The quantitative estimate of drug-likeness (QED) is 0.0395. The van der Waals surface area contributed by atoms with Crippen molar-refractivity contribution in [2.75, 3.05) is 0 Å². The Balaban J connectivity index is 1.43. The van der Waals surface area contributed by atoms with Gasteiger partial charge in [-0.3, -0.25) is 0 Å². The Kier molecular flexibility index (Phi) is 6.55. The van der Waals surface area contributed by atoms with Crippen LogP contribution >= 0.6 is 0 Å². The number of rotatable bonds is 3. The SMILES string of the molecule is Oc1c(O)c(O)c2c(-c3cccc4ccccc34)c3c(O)c(O)c(O)c(O)c3c(-c3cccc(-c4ccc5c(ccc6ccccc65)c4)c3)c2c1O. The van der Waals surface area contributed by atoms with Crippen molar-refractivity contribution in [1.29, 1.82) is 0 Å². The number of hydrogen-bond donors (Lipinski definition) is 8. The summed E-state index contributed by atoms with van der Waals surface area (Å²) in [7, 11) is 0. The van der Waals surface area contributed by atoms with Crippen molar-refractivity contribution in [1.82, 2.24) is 0 Å². The molecule has 252 valence electrons. The minimum atomic E-state index is -1.01. The Bertz CT molecular complexity index is 2920. The fourth-order valence-electron chi connectivity index (χ4n) is 7.67. The van der Waals surface area contributed by atoms with Crippen molar-refractivity contribution in [2.45, 2.75) is 0 Å². The highest BCUT2D eigenvalue weighted by Gasteiger charge is 2.32. The molecule has 0 aliphatic carbocycles. The molecule has 0 bridgehead atoms. The molecule has 0 spiro atoms. The number of phenols is 8. The minimum Gasteiger partial charge on any atom is -0.504 e. The lowest BCUT2D eigenvalue weighted by Crippen LogP contribution is -1.95. The van der Waals surface area contributed by atoms with Crippen LogP contribution in [-0.4, -0.2) is 40.9 Å². The van der Waals surface area contributed by atoms with Crippen molar-refractivity contribution >= 4 is 53.9 Å². The van der Waals surface area contributed by atoms with Crippen molar-refractivity contribution in [2.24, 2.45) is 0 Å². The van der Waals surface area contributed by atoms with Crippen LogP contribution < -0.4 is 0 Å². The predicted octanol–water partition coefficient (Wildman–Crippen LogP) is 10.1. The Morgan fingerprint density at radius 3 is 1.35 bits per heavy atom. The molecule has 0 saturated heterocycles. The van der Waals surface area contributed by atoms with Gasteiger partial charge in [-0.1, -0.05) is 109 Å². The largest absolute Gasteiger partial charge is 0.504 e. The number of phenolic OH excluding ortho intramolecular Hbond substituents is 8. The lowest BCUT2D eigenvalue weighted by atomic mass is 9.82. The van der Waals surface area contributed by atoms with Gasteiger partial charge in [-0.05, 0) is 66.7 Å². The van der Waals surface area contributed by atoms with Gasteiger partial charge >= 0.3 is 0 Å². The molecule has 0 aliphatic heterocycles. The Morgan fingerprint density at radius 1 is 0.269 bits per heavy atom. The molecule has 8 heteroatoms. The van der Waals surface area contributed by atoms with Crippen molar-refractivity contribution in [3.8, 4) is 79.4 Å². The van der Waals surface area contributed by atoms with E-state index in [2.05, 4.69) is 18.2 Å². The summed E-state index contributed by atoms with van der Waals surface area (Å²) in [4.78, 5) is 0. The summed E-state index contributed by atoms with van der Waals surface area (Å²) < 4.78 is 0. The molecule has 52 heavy (non-hydrogen) atoms. The smallest absolute Gasteiger partial charge is 0.204 e. The lowest BCUT2D eigenvalue weighted by molar-refractivity contribution is 0.350. The topological polar surface area (TPSA) is 162 Å². The Hall–Kier alpha value is -7.32. The fraction of sp³-hybridized carbons (Fsp3) is 0. The van der Waals surface area contributed by atoms with Gasteiger partial charge in [0.1, 0.15) is 0 Å². The van der Waals surface area contributed by atoms with E-state index in [-0.39, 0.29) is 32.7 Å².